The van der Waals surface area contributed by atoms with Crippen LogP contribution in [0, 0.1) is 12.7 Å². The van der Waals surface area contributed by atoms with Gasteiger partial charge in [0.1, 0.15) is 11.5 Å². The molecule has 2 aromatic carbocycles. The van der Waals surface area contributed by atoms with Crippen LogP contribution in [-0.4, -0.2) is 28.5 Å². The largest absolute Gasteiger partial charge is 0.435 e. The molecule has 1 unspecified atom stereocenters. The molecule has 0 fully saturated rings. The van der Waals surface area contributed by atoms with Gasteiger partial charge in [-0.25, -0.2) is 9.37 Å². The van der Waals surface area contributed by atoms with Gasteiger partial charge in [0.2, 0.25) is 11.5 Å². The van der Waals surface area contributed by atoms with E-state index in [0.29, 0.717) is 5.56 Å². The number of Topliss-reactive ketones (excluding diaryl/α,β-unsaturated/α-hetero) is 2. The maximum atomic E-state index is 13.6. The Morgan fingerprint density at radius 1 is 1.10 bits per heavy atom. The number of nitrogens with one attached hydrogen (secondary N) is 1. The first-order valence-electron chi connectivity index (χ1n) is 8.98. The van der Waals surface area contributed by atoms with Gasteiger partial charge < -0.3 is 9.73 Å². The zero-order valence-electron chi connectivity index (χ0n) is 15.9. The molecule has 3 rings (SSSR count). The van der Waals surface area contributed by atoms with Crippen molar-refractivity contribution in [2.75, 3.05) is 0 Å². The second-order valence-corrected chi connectivity index (χ2v) is 6.56. The van der Waals surface area contributed by atoms with Crippen molar-refractivity contribution in [3.63, 3.8) is 0 Å². The fourth-order valence-electron chi connectivity index (χ4n) is 2.94. The van der Waals surface area contributed by atoms with E-state index < -0.39 is 29.3 Å². The van der Waals surface area contributed by atoms with Gasteiger partial charge in [-0.3, -0.25) is 14.4 Å². The number of hydrogen-bond donors (Lipinski definition) is 1. The summed E-state index contributed by atoms with van der Waals surface area (Å²) in [6, 6.07) is 13.6. The molecule has 0 radical (unpaired) electrons. The van der Waals surface area contributed by atoms with Gasteiger partial charge in [0.25, 0.3) is 5.91 Å². The Bertz CT molecular complexity index is 1060. The van der Waals surface area contributed by atoms with E-state index in [1.54, 1.807) is 37.3 Å². The van der Waals surface area contributed by atoms with Crippen LogP contribution in [0.1, 0.15) is 28.9 Å². The normalized spacial score (nSPS) is 11.7. The topological polar surface area (TPSA) is 89.3 Å². The lowest BCUT2D eigenvalue weighted by molar-refractivity contribution is -0.136. The molecule has 1 N–H and O–H groups in total. The Kier molecular flexibility index (Phi) is 5.97. The molecule has 3 aromatic rings. The molecule has 6 nitrogen and oxygen atoms in total. The summed E-state index contributed by atoms with van der Waals surface area (Å²) in [5.41, 5.74) is 1.31. The van der Waals surface area contributed by atoms with Crippen molar-refractivity contribution in [1.29, 1.82) is 0 Å². The minimum Gasteiger partial charge on any atom is -0.435 e. The van der Waals surface area contributed by atoms with Crippen molar-refractivity contribution in [1.82, 2.24) is 10.3 Å². The van der Waals surface area contributed by atoms with Crippen molar-refractivity contribution >= 4 is 17.5 Å². The van der Waals surface area contributed by atoms with E-state index in [2.05, 4.69) is 10.3 Å². The van der Waals surface area contributed by atoms with Crippen LogP contribution in [0.3, 0.4) is 0 Å². The molecule has 7 heteroatoms. The number of nitrogens with zero attached hydrogens (tertiary/aromatic N) is 1. The molecule has 0 bridgehead atoms. The SMILES string of the molecule is CC(=O)C(=O)C(Cc1ccccc1)NC(=O)c1oc(C)nc1-c1cccc(F)c1. The fraction of sp³-hybridized carbons (Fsp3) is 0.182. The van der Waals surface area contributed by atoms with E-state index in [4.69, 9.17) is 4.42 Å². The predicted molar refractivity (Wildman–Crippen MR) is 104 cm³/mol. The first-order chi connectivity index (χ1) is 13.8. The molecule has 0 saturated carbocycles. The van der Waals surface area contributed by atoms with Crippen LogP contribution in [-0.2, 0) is 16.0 Å². The number of oxazole rings is 1. The van der Waals surface area contributed by atoms with Crippen LogP contribution in [0.15, 0.2) is 59.0 Å². The molecule has 0 aliphatic carbocycles. The molecule has 0 saturated heterocycles. The molecule has 0 spiro atoms. The van der Waals surface area contributed by atoms with Crippen molar-refractivity contribution in [2.24, 2.45) is 0 Å². The van der Waals surface area contributed by atoms with Gasteiger partial charge >= 0.3 is 0 Å². The van der Waals surface area contributed by atoms with Crippen molar-refractivity contribution in [2.45, 2.75) is 26.3 Å². The number of ketones is 2. The highest BCUT2D eigenvalue weighted by atomic mass is 19.1. The number of carbonyl (C=O) groups excluding carboxylic acids is 3. The van der Waals surface area contributed by atoms with Gasteiger partial charge in [-0.15, -0.1) is 0 Å². The van der Waals surface area contributed by atoms with Gasteiger partial charge in [-0.1, -0.05) is 42.5 Å². The number of benzene rings is 2. The molecule has 148 valence electrons. The van der Waals surface area contributed by atoms with Gasteiger partial charge in [0.15, 0.2) is 11.7 Å². The van der Waals surface area contributed by atoms with Crippen LogP contribution < -0.4 is 5.32 Å². The lowest BCUT2D eigenvalue weighted by atomic mass is 10.00. The predicted octanol–water partition coefficient (Wildman–Crippen LogP) is 3.29. The van der Waals surface area contributed by atoms with Gasteiger partial charge in [-0.2, -0.15) is 0 Å². The molecule has 1 aromatic heterocycles. The van der Waals surface area contributed by atoms with Crippen LogP contribution in [0.2, 0.25) is 0 Å². The smallest absolute Gasteiger partial charge is 0.290 e. The maximum absolute atomic E-state index is 13.6. The summed E-state index contributed by atoms with van der Waals surface area (Å²) in [6.45, 7) is 2.71. The lowest BCUT2D eigenvalue weighted by Gasteiger charge is -2.16. The number of carbonyl (C=O) groups is 3. The summed E-state index contributed by atoms with van der Waals surface area (Å²) in [5.74, 6) is -2.51. The number of amides is 1. The minimum atomic E-state index is -1.06. The Morgan fingerprint density at radius 2 is 1.83 bits per heavy atom. The van der Waals surface area contributed by atoms with Gasteiger partial charge in [0.05, 0.1) is 6.04 Å². The first-order valence-corrected chi connectivity index (χ1v) is 8.98. The highest BCUT2D eigenvalue weighted by Gasteiger charge is 2.28. The Hall–Kier alpha value is -3.61. The summed E-state index contributed by atoms with van der Waals surface area (Å²) < 4.78 is 19.0. The molecule has 29 heavy (non-hydrogen) atoms. The molecule has 0 aliphatic heterocycles. The van der Waals surface area contributed by atoms with Crippen LogP contribution in [0.25, 0.3) is 11.3 Å². The Morgan fingerprint density at radius 3 is 2.48 bits per heavy atom. The third-order valence-electron chi connectivity index (χ3n) is 4.29. The van der Waals surface area contributed by atoms with E-state index in [9.17, 15) is 18.8 Å². The van der Waals surface area contributed by atoms with Crippen LogP contribution in [0.4, 0.5) is 4.39 Å². The minimum absolute atomic E-state index is 0.146. The van der Waals surface area contributed by atoms with E-state index in [1.807, 2.05) is 6.07 Å². The van der Waals surface area contributed by atoms with Crippen molar-refractivity contribution < 1.29 is 23.2 Å². The molecule has 1 atom stereocenters. The monoisotopic (exact) mass is 394 g/mol. The van der Waals surface area contributed by atoms with Gasteiger partial charge in [-0.05, 0) is 17.7 Å². The highest BCUT2D eigenvalue weighted by molar-refractivity contribution is 6.38. The highest BCUT2D eigenvalue weighted by Crippen LogP contribution is 2.24. The van der Waals surface area contributed by atoms with E-state index >= 15 is 0 Å². The Balaban J connectivity index is 1.90. The van der Waals surface area contributed by atoms with Gasteiger partial charge in [0, 0.05) is 25.8 Å². The number of aromatic nitrogens is 1. The van der Waals surface area contributed by atoms with E-state index in [-0.39, 0.29) is 23.8 Å². The fourth-order valence-corrected chi connectivity index (χ4v) is 2.94. The average molecular weight is 394 g/mol. The number of rotatable bonds is 7. The van der Waals surface area contributed by atoms with Crippen LogP contribution in [0.5, 0.6) is 0 Å². The summed E-state index contributed by atoms with van der Waals surface area (Å²) in [6.07, 6.45) is 0.146. The third kappa shape index (κ3) is 4.82. The lowest BCUT2D eigenvalue weighted by Crippen LogP contribution is -2.44. The second-order valence-electron chi connectivity index (χ2n) is 6.56. The average Bonchev–Trinajstić information content (AvgIpc) is 3.09. The first kappa shape index (κ1) is 20.1. The van der Waals surface area contributed by atoms with Crippen molar-refractivity contribution in [3.05, 3.63) is 77.6 Å². The van der Waals surface area contributed by atoms with E-state index in [1.165, 1.54) is 18.2 Å². The molecule has 0 aliphatic rings. The quantitative estimate of drug-likeness (QED) is 0.621. The molecular formula is C22H19FN2O4. The van der Waals surface area contributed by atoms with Crippen LogP contribution >= 0.6 is 0 Å². The third-order valence-corrected chi connectivity index (χ3v) is 4.29. The zero-order valence-corrected chi connectivity index (χ0v) is 15.9. The molecule has 1 amide bonds. The molecular weight excluding hydrogens is 375 g/mol. The zero-order chi connectivity index (χ0) is 21.0. The summed E-state index contributed by atoms with van der Waals surface area (Å²) in [5, 5.41) is 2.56. The summed E-state index contributed by atoms with van der Waals surface area (Å²) in [4.78, 5) is 41.0. The maximum Gasteiger partial charge on any atom is 0.290 e. The van der Waals surface area contributed by atoms with E-state index in [0.717, 1.165) is 12.5 Å². The second kappa shape index (κ2) is 8.60. The number of halogens is 1. The summed E-state index contributed by atoms with van der Waals surface area (Å²) in [7, 11) is 0. The summed E-state index contributed by atoms with van der Waals surface area (Å²) >= 11 is 0. The van der Waals surface area contributed by atoms with Crippen molar-refractivity contribution in [3.8, 4) is 11.3 Å². The number of aryl methyl sites for hydroxylation is 1. The number of hydrogen-bond acceptors (Lipinski definition) is 5. The molecule has 1 heterocycles. The standard InChI is InChI=1S/C22H19FN2O4/c1-13(26)20(27)18(11-15-7-4-3-5-8-15)25-22(28)21-19(24-14(2)29-21)16-9-6-10-17(23)12-16/h3-10,12,18H,11H2,1-2H3,(H,25,28). The Labute approximate surface area is 166 Å².